The van der Waals surface area contributed by atoms with Crippen molar-refractivity contribution < 1.29 is 14.3 Å². The third kappa shape index (κ3) is 6.45. The third-order valence-electron chi connectivity index (χ3n) is 3.40. The van der Waals surface area contributed by atoms with E-state index in [0.29, 0.717) is 24.0 Å². The summed E-state index contributed by atoms with van der Waals surface area (Å²) >= 11 is 1.20. The average molecular weight is 390 g/mol. The van der Waals surface area contributed by atoms with E-state index in [0.717, 1.165) is 12.0 Å². The maximum Gasteiger partial charge on any atom is 0.343 e. The average Bonchev–Trinajstić information content (AvgIpc) is 3.00. The number of hydrogen-bond donors (Lipinski definition) is 2. The summed E-state index contributed by atoms with van der Waals surface area (Å²) < 4.78 is 6.33. The van der Waals surface area contributed by atoms with Gasteiger partial charge < -0.3 is 10.1 Å². The molecule has 0 spiro atoms. The molecule has 0 aliphatic carbocycles. The van der Waals surface area contributed by atoms with Crippen molar-refractivity contribution in [2.24, 2.45) is 0 Å². The molecule has 8 nitrogen and oxygen atoms in total. The number of nitrogens with zero attached hydrogens (tertiary/aromatic N) is 2. The fourth-order valence-electron chi connectivity index (χ4n) is 2.19. The minimum Gasteiger partial charge on any atom is -0.463 e. The largest absolute Gasteiger partial charge is 0.463 e. The van der Waals surface area contributed by atoms with E-state index in [2.05, 4.69) is 15.5 Å². The SMILES string of the molecule is CCCn1c(SCC(=O)Nc2ccc(/C=C/C(=O)OCC)cc2)n[nH]c1=O. The first-order chi connectivity index (χ1) is 13.0. The van der Waals surface area contributed by atoms with Crippen LogP contribution in [0, 0.1) is 0 Å². The maximum absolute atomic E-state index is 12.1. The molecule has 0 atom stereocenters. The molecule has 144 valence electrons. The van der Waals surface area contributed by atoms with Crippen molar-refractivity contribution in [2.75, 3.05) is 17.7 Å². The van der Waals surface area contributed by atoms with Gasteiger partial charge in [-0.2, -0.15) is 0 Å². The van der Waals surface area contributed by atoms with E-state index in [1.807, 2.05) is 6.92 Å². The molecule has 0 saturated heterocycles. The van der Waals surface area contributed by atoms with Crippen molar-refractivity contribution in [1.29, 1.82) is 0 Å². The van der Waals surface area contributed by atoms with Crippen LogP contribution in [0.2, 0.25) is 0 Å². The summed E-state index contributed by atoms with van der Waals surface area (Å²) in [5.74, 6) is -0.460. The Morgan fingerprint density at radius 1 is 1.30 bits per heavy atom. The number of benzene rings is 1. The predicted octanol–water partition coefficient (Wildman–Crippen LogP) is 2.29. The van der Waals surface area contributed by atoms with Crippen LogP contribution in [0.1, 0.15) is 25.8 Å². The molecule has 1 heterocycles. The van der Waals surface area contributed by atoms with E-state index in [4.69, 9.17) is 4.74 Å². The zero-order chi connectivity index (χ0) is 19.6. The molecule has 1 aromatic carbocycles. The fourth-order valence-corrected chi connectivity index (χ4v) is 2.97. The van der Waals surface area contributed by atoms with Crippen LogP contribution in [0.3, 0.4) is 0 Å². The summed E-state index contributed by atoms with van der Waals surface area (Å²) in [6.07, 6.45) is 3.80. The lowest BCUT2D eigenvalue weighted by atomic mass is 10.2. The summed E-state index contributed by atoms with van der Waals surface area (Å²) in [5, 5.41) is 9.61. The number of aromatic amines is 1. The van der Waals surface area contributed by atoms with E-state index >= 15 is 0 Å². The number of nitrogens with one attached hydrogen (secondary N) is 2. The monoisotopic (exact) mass is 390 g/mol. The lowest BCUT2D eigenvalue weighted by Gasteiger charge is -2.06. The topological polar surface area (TPSA) is 106 Å². The highest BCUT2D eigenvalue weighted by atomic mass is 32.2. The molecule has 0 saturated carbocycles. The van der Waals surface area contributed by atoms with Crippen LogP contribution in [0.4, 0.5) is 5.69 Å². The minimum atomic E-state index is -0.396. The van der Waals surface area contributed by atoms with Gasteiger partial charge >= 0.3 is 11.7 Å². The number of ether oxygens (including phenoxy) is 1. The molecule has 2 rings (SSSR count). The van der Waals surface area contributed by atoms with Crippen LogP contribution in [0.25, 0.3) is 6.08 Å². The highest BCUT2D eigenvalue weighted by Gasteiger charge is 2.11. The molecule has 0 aliphatic heterocycles. The first-order valence-electron chi connectivity index (χ1n) is 8.56. The number of H-pyrrole nitrogens is 1. The van der Waals surface area contributed by atoms with Crippen molar-refractivity contribution >= 4 is 35.4 Å². The molecular weight excluding hydrogens is 368 g/mol. The number of aromatic nitrogens is 3. The highest BCUT2D eigenvalue weighted by Crippen LogP contribution is 2.15. The van der Waals surface area contributed by atoms with Crippen LogP contribution in [-0.2, 0) is 20.9 Å². The van der Waals surface area contributed by atoms with Gasteiger partial charge in [-0.05, 0) is 37.1 Å². The Balaban J connectivity index is 1.87. The lowest BCUT2D eigenvalue weighted by molar-refractivity contribution is -0.137. The van der Waals surface area contributed by atoms with Crippen molar-refractivity contribution in [3.05, 3.63) is 46.4 Å². The Hall–Kier alpha value is -2.81. The minimum absolute atomic E-state index is 0.137. The number of thioether (sulfide) groups is 1. The predicted molar refractivity (Wildman–Crippen MR) is 105 cm³/mol. The highest BCUT2D eigenvalue weighted by molar-refractivity contribution is 7.99. The molecule has 2 aromatic rings. The van der Waals surface area contributed by atoms with Crippen molar-refractivity contribution in [2.45, 2.75) is 32.0 Å². The van der Waals surface area contributed by atoms with Gasteiger partial charge in [-0.25, -0.2) is 14.7 Å². The van der Waals surface area contributed by atoms with E-state index < -0.39 is 5.97 Å². The molecule has 27 heavy (non-hydrogen) atoms. The molecule has 0 fully saturated rings. The third-order valence-corrected chi connectivity index (χ3v) is 4.37. The molecule has 0 unspecified atom stereocenters. The van der Waals surface area contributed by atoms with Crippen molar-refractivity contribution in [3.8, 4) is 0 Å². The Morgan fingerprint density at radius 3 is 2.70 bits per heavy atom. The Bertz CT molecular complexity index is 855. The number of carbonyl (C=O) groups is 2. The van der Waals surface area contributed by atoms with Crippen molar-refractivity contribution in [1.82, 2.24) is 14.8 Å². The summed E-state index contributed by atoms with van der Waals surface area (Å²) in [4.78, 5) is 35.0. The quantitative estimate of drug-likeness (QED) is 0.387. The van der Waals surface area contributed by atoms with E-state index in [1.54, 1.807) is 37.3 Å². The molecule has 0 radical (unpaired) electrons. The Kier molecular flexibility index (Phi) is 7.87. The standard InChI is InChI=1S/C18H22N4O4S/c1-3-11-22-17(25)20-21-18(22)27-12-15(23)19-14-8-5-13(6-9-14)7-10-16(24)26-4-2/h5-10H,3-4,11-12H2,1-2H3,(H,19,23)(H,20,25)/b10-7+. The maximum atomic E-state index is 12.1. The van der Waals surface area contributed by atoms with Gasteiger partial charge in [0.15, 0.2) is 5.16 Å². The Morgan fingerprint density at radius 2 is 2.04 bits per heavy atom. The number of esters is 1. The smallest absolute Gasteiger partial charge is 0.343 e. The van der Waals surface area contributed by atoms with Gasteiger partial charge in [-0.15, -0.1) is 5.10 Å². The van der Waals surface area contributed by atoms with Gasteiger partial charge in [0.25, 0.3) is 0 Å². The van der Waals surface area contributed by atoms with Gasteiger partial charge in [0.2, 0.25) is 5.91 Å². The number of carbonyl (C=O) groups excluding carboxylic acids is 2. The van der Waals surface area contributed by atoms with Crippen LogP contribution >= 0.6 is 11.8 Å². The van der Waals surface area contributed by atoms with Crippen LogP contribution in [-0.4, -0.2) is 39.0 Å². The van der Waals surface area contributed by atoms with Gasteiger partial charge in [0, 0.05) is 18.3 Å². The summed E-state index contributed by atoms with van der Waals surface area (Å²) in [7, 11) is 0. The van der Waals surface area contributed by atoms with Crippen LogP contribution in [0.5, 0.6) is 0 Å². The van der Waals surface area contributed by atoms with Gasteiger partial charge in [0.05, 0.1) is 12.4 Å². The summed E-state index contributed by atoms with van der Waals surface area (Å²) in [6, 6.07) is 7.06. The molecule has 9 heteroatoms. The van der Waals surface area contributed by atoms with E-state index in [1.165, 1.54) is 22.4 Å². The number of hydrogen-bond acceptors (Lipinski definition) is 6. The fraction of sp³-hybridized carbons (Fsp3) is 0.333. The summed E-state index contributed by atoms with van der Waals surface area (Å²) in [6.45, 7) is 4.60. The second-order valence-corrected chi connectivity index (χ2v) is 6.45. The first-order valence-corrected chi connectivity index (χ1v) is 9.54. The number of rotatable bonds is 9. The lowest BCUT2D eigenvalue weighted by Crippen LogP contribution is -2.18. The second-order valence-electron chi connectivity index (χ2n) is 5.51. The van der Waals surface area contributed by atoms with E-state index in [-0.39, 0.29) is 17.3 Å². The van der Waals surface area contributed by atoms with Gasteiger partial charge in [-0.3, -0.25) is 9.36 Å². The zero-order valence-electron chi connectivity index (χ0n) is 15.2. The molecule has 0 aliphatic rings. The van der Waals surface area contributed by atoms with Gasteiger partial charge in [0.1, 0.15) is 0 Å². The van der Waals surface area contributed by atoms with Gasteiger partial charge in [-0.1, -0.05) is 30.8 Å². The first kappa shape index (κ1) is 20.5. The molecular formula is C18H22N4O4S. The van der Waals surface area contributed by atoms with Crippen LogP contribution < -0.4 is 11.0 Å². The second kappa shape index (κ2) is 10.4. The van der Waals surface area contributed by atoms with Crippen LogP contribution in [0.15, 0.2) is 40.3 Å². The molecule has 1 amide bonds. The summed E-state index contributed by atoms with van der Waals surface area (Å²) in [5.41, 5.74) is 1.18. The van der Waals surface area contributed by atoms with Crippen molar-refractivity contribution in [3.63, 3.8) is 0 Å². The van der Waals surface area contributed by atoms with E-state index in [9.17, 15) is 14.4 Å². The molecule has 1 aromatic heterocycles. The molecule has 2 N–H and O–H groups in total. The Labute approximate surface area is 161 Å². The zero-order valence-corrected chi connectivity index (χ0v) is 16.0. The molecule has 0 bridgehead atoms. The normalized spacial score (nSPS) is 10.9. The number of anilines is 1. The number of amides is 1.